The van der Waals surface area contributed by atoms with Gasteiger partial charge in [-0.05, 0) is 78.8 Å². The number of amides is 1. The van der Waals surface area contributed by atoms with E-state index in [0.29, 0.717) is 22.9 Å². The van der Waals surface area contributed by atoms with E-state index in [9.17, 15) is 18.0 Å². The summed E-state index contributed by atoms with van der Waals surface area (Å²) in [7, 11) is 0. The van der Waals surface area contributed by atoms with Crippen molar-refractivity contribution < 1.29 is 18.0 Å². The van der Waals surface area contributed by atoms with Crippen molar-refractivity contribution >= 4 is 40.9 Å². The summed E-state index contributed by atoms with van der Waals surface area (Å²) in [6.45, 7) is 5.76. The summed E-state index contributed by atoms with van der Waals surface area (Å²) in [6, 6.07) is 13.9. The minimum atomic E-state index is -4.36. The number of carbonyl (C=O) groups excluding carboxylic acids is 1. The summed E-state index contributed by atoms with van der Waals surface area (Å²) in [4.78, 5) is 15.9. The molecule has 1 aliphatic heterocycles. The maximum Gasteiger partial charge on any atom is 0.441 e. The fourth-order valence-corrected chi connectivity index (χ4v) is 6.47. The Kier molecular flexibility index (Phi) is 7.85. The second kappa shape index (κ2) is 10.4. The third-order valence-corrected chi connectivity index (χ3v) is 8.45. The van der Waals surface area contributed by atoms with Crippen LogP contribution in [0.5, 0.6) is 0 Å². The van der Waals surface area contributed by atoms with Gasteiger partial charge in [0.2, 0.25) is 5.91 Å². The SMILES string of the molecule is C=CCC1(C)CC(c2cccc(Cl)c2)C(c2ccc(Cl)cc2)N(C(CSC(F)(F)F)C2CC2)C1=O. The molecule has 8 heteroatoms. The smallest absolute Gasteiger partial charge is 0.330 e. The van der Waals surface area contributed by atoms with Crippen LogP contribution in [0.3, 0.4) is 0 Å². The predicted molar refractivity (Wildman–Crippen MR) is 138 cm³/mol. The molecule has 1 aliphatic carbocycles. The van der Waals surface area contributed by atoms with E-state index >= 15 is 0 Å². The first-order valence-electron chi connectivity index (χ1n) is 11.7. The van der Waals surface area contributed by atoms with Crippen LogP contribution in [0.15, 0.2) is 61.2 Å². The van der Waals surface area contributed by atoms with E-state index in [1.54, 1.807) is 29.2 Å². The largest absolute Gasteiger partial charge is 0.441 e. The molecule has 0 N–H and O–H groups in total. The van der Waals surface area contributed by atoms with Crippen molar-refractivity contribution in [1.29, 1.82) is 0 Å². The van der Waals surface area contributed by atoms with E-state index in [2.05, 4.69) is 6.58 Å². The number of piperidine rings is 1. The summed E-state index contributed by atoms with van der Waals surface area (Å²) < 4.78 is 39.9. The molecule has 2 aromatic rings. The highest BCUT2D eigenvalue weighted by atomic mass is 35.5. The van der Waals surface area contributed by atoms with Gasteiger partial charge in [-0.2, -0.15) is 13.2 Å². The van der Waals surface area contributed by atoms with Crippen molar-refractivity contribution in [3.05, 3.63) is 82.4 Å². The first-order chi connectivity index (χ1) is 16.5. The number of likely N-dealkylation sites (tertiary alicyclic amines) is 1. The van der Waals surface area contributed by atoms with Crippen LogP contribution >= 0.6 is 35.0 Å². The van der Waals surface area contributed by atoms with Gasteiger partial charge < -0.3 is 4.90 Å². The molecule has 188 valence electrons. The number of halogens is 5. The maximum absolute atomic E-state index is 14.2. The Balaban J connectivity index is 1.87. The van der Waals surface area contributed by atoms with Crippen LogP contribution < -0.4 is 0 Å². The van der Waals surface area contributed by atoms with E-state index in [1.165, 1.54) is 0 Å². The molecule has 4 rings (SSSR count). The number of allylic oxidation sites excluding steroid dienone is 1. The van der Waals surface area contributed by atoms with Crippen LogP contribution in [-0.4, -0.2) is 28.1 Å². The lowest BCUT2D eigenvalue weighted by molar-refractivity contribution is -0.154. The van der Waals surface area contributed by atoms with E-state index in [0.717, 1.165) is 24.0 Å². The van der Waals surface area contributed by atoms with Crippen molar-refractivity contribution in [2.24, 2.45) is 11.3 Å². The number of nitrogens with zero attached hydrogens (tertiary/aromatic N) is 1. The molecule has 0 aromatic heterocycles. The summed E-state index contributed by atoms with van der Waals surface area (Å²) in [6.07, 6.45) is 4.34. The van der Waals surface area contributed by atoms with Gasteiger partial charge in [-0.25, -0.2) is 0 Å². The van der Waals surface area contributed by atoms with E-state index in [4.69, 9.17) is 23.2 Å². The summed E-state index contributed by atoms with van der Waals surface area (Å²) in [5.74, 6) is -0.407. The van der Waals surface area contributed by atoms with Crippen LogP contribution in [-0.2, 0) is 4.79 Å². The van der Waals surface area contributed by atoms with E-state index in [-0.39, 0.29) is 35.3 Å². The zero-order valence-electron chi connectivity index (χ0n) is 19.4. The first-order valence-corrected chi connectivity index (χ1v) is 13.4. The van der Waals surface area contributed by atoms with Crippen LogP contribution in [0.25, 0.3) is 0 Å². The summed E-state index contributed by atoms with van der Waals surface area (Å²) in [5.41, 5.74) is -3.33. The summed E-state index contributed by atoms with van der Waals surface area (Å²) >= 11 is 12.5. The van der Waals surface area contributed by atoms with E-state index < -0.39 is 23.0 Å². The number of hydrogen-bond acceptors (Lipinski definition) is 2. The average molecular weight is 542 g/mol. The second-order valence-corrected chi connectivity index (χ2v) is 11.7. The van der Waals surface area contributed by atoms with Gasteiger partial charge in [0, 0.05) is 27.8 Å². The van der Waals surface area contributed by atoms with Gasteiger partial charge in [0.05, 0.1) is 11.5 Å². The fraction of sp³-hybridized carbons (Fsp3) is 0.444. The Hall–Kier alpha value is -1.63. The molecule has 2 aromatic carbocycles. The van der Waals surface area contributed by atoms with Gasteiger partial charge in [0.15, 0.2) is 0 Å². The van der Waals surface area contributed by atoms with E-state index in [1.807, 2.05) is 37.3 Å². The molecule has 2 fully saturated rings. The lowest BCUT2D eigenvalue weighted by Gasteiger charge is -2.52. The van der Waals surface area contributed by atoms with Crippen LogP contribution in [0, 0.1) is 11.3 Å². The topological polar surface area (TPSA) is 20.3 Å². The highest BCUT2D eigenvalue weighted by molar-refractivity contribution is 8.00. The molecule has 1 amide bonds. The molecule has 1 heterocycles. The summed E-state index contributed by atoms with van der Waals surface area (Å²) in [5, 5.41) is 1.14. The number of rotatable bonds is 8. The van der Waals surface area contributed by atoms with Crippen LogP contribution in [0.4, 0.5) is 13.2 Å². The van der Waals surface area contributed by atoms with Gasteiger partial charge >= 0.3 is 5.51 Å². The minimum absolute atomic E-state index is 0.0379. The minimum Gasteiger partial charge on any atom is -0.330 e. The molecular weight excluding hydrogens is 514 g/mol. The van der Waals surface area contributed by atoms with Gasteiger partial charge in [0.25, 0.3) is 0 Å². The lowest BCUT2D eigenvalue weighted by atomic mass is 9.67. The number of thioether (sulfide) groups is 1. The molecule has 0 bridgehead atoms. The van der Waals surface area contributed by atoms with Crippen molar-refractivity contribution in [2.75, 3.05) is 5.75 Å². The predicted octanol–water partition coefficient (Wildman–Crippen LogP) is 8.66. The standard InChI is InChI=1S/C27H28Cl2F3NOS/c1-3-13-26(2)15-22(19-5-4-6-21(29)14-19)24(18-9-11-20(28)12-10-18)33(25(26)34)23(17-7-8-17)16-35-27(30,31)32/h3-6,9-12,14,17,22-24H,1,7-8,13,15-16H2,2H3. The highest BCUT2D eigenvalue weighted by Gasteiger charge is 2.53. The molecule has 0 radical (unpaired) electrons. The van der Waals surface area contributed by atoms with Gasteiger partial charge in [-0.15, -0.1) is 6.58 Å². The average Bonchev–Trinajstić information content (AvgIpc) is 3.62. The molecule has 2 aliphatic rings. The number of alkyl halides is 3. The normalized spacial score (nSPS) is 26.0. The molecule has 1 saturated carbocycles. The highest BCUT2D eigenvalue weighted by Crippen LogP contribution is 2.54. The molecule has 1 saturated heterocycles. The van der Waals surface area contributed by atoms with Crippen molar-refractivity contribution in [3.8, 4) is 0 Å². The Morgan fingerprint density at radius 3 is 2.40 bits per heavy atom. The van der Waals surface area contributed by atoms with Crippen LogP contribution in [0.2, 0.25) is 10.0 Å². The Bertz CT molecular complexity index is 1070. The molecule has 35 heavy (non-hydrogen) atoms. The molecular formula is C27H28Cl2F3NOS. The Morgan fingerprint density at radius 1 is 1.14 bits per heavy atom. The van der Waals surface area contributed by atoms with Crippen molar-refractivity contribution in [2.45, 2.75) is 56.1 Å². The zero-order valence-corrected chi connectivity index (χ0v) is 21.7. The first kappa shape index (κ1) is 26.4. The quantitative estimate of drug-likeness (QED) is 0.311. The molecule has 4 unspecified atom stereocenters. The van der Waals surface area contributed by atoms with Gasteiger partial charge in [-0.3, -0.25) is 4.79 Å². The number of benzene rings is 2. The number of carbonyl (C=O) groups is 1. The van der Waals surface area contributed by atoms with Gasteiger partial charge in [-0.1, -0.05) is 60.5 Å². The molecule has 2 nitrogen and oxygen atoms in total. The third kappa shape index (κ3) is 6.03. The lowest BCUT2D eigenvalue weighted by Crippen LogP contribution is -2.57. The molecule has 0 spiro atoms. The Labute approximate surface area is 218 Å². The van der Waals surface area contributed by atoms with Crippen molar-refractivity contribution in [3.63, 3.8) is 0 Å². The fourth-order valence-electron chi connectivity index (χ4n) is 5.36. The third-order valence-electron chi connectivity index (χ3n) is 7.13. The van der Waals surface area contributed by atoms with Crippen molar-refractivity contribution in [1.82, 2.24) is 4.90 Å². The molecule has 4 atom stereocenters. The second-order valence-electron chi connectivity index (χ2n) is 9.79. The van der Waals surface area contributed by atoms with Crippen LogP contribution in [0.1, 0.15) is 55.7 Å². The zero-order chi connectivity index (χ0) is 25.4. The Morgan fingerprint density at radius 2 is 1.83 bits per heavy atom. The van der Waals surface area contributed by atoms with Gasteiger partial charge in [0.1, 0.15) is 0 Å². The maximum atomic E-state index is 14.2. The monoisotopic (exact) mass is 541 g/mol. The number of hydrogen-bond donors (Lipinski definition) is 0.